The van der Waals surface area contributed by atoms with Gasteiger partial charge in [-0.25, -0.2) is 8.42 Å². The number of sulfonamides is 1. The molecule has 1 saturated heterocycles. The van der Waals surface area contributed by atoms with Crippen molar-refractivity contribution in [3.8, 4) is 0 Å². The number of nitrogens with one attached hydrogen (secondary N) is 1. The number of hydrogen-bond acceptors (Lipinski definition) is 3. The van der Waals surface area contributed by atoms with Gasteiger partial charge in [-0.3, -0.25) is 9.52 Å². The highest BCUT2D eigenvalue weighted by atomic mass is 35.5. The van der Waals surface area contributed by atoms with Crippen LogP contribution in [0.2, 0.25) is 5.02 Å². The van der Waals surface area contributed by atoms with Crippen molar-refractivity contribution in [2.75, 3.05) is 17.8 Å². The van der Waals surface area contributed by atoms with E-state index in [2.05, 4.69) is 4.72 Å². The lowest BCUT2D eigenvalue weighted by Crippen LogP contribution is -2.28. The zero-order valence-electron chi connectivity index (χ0n) is 14.8. The van der Waals surface area contributed by atoms with E-state index in [1.165, 1.54) is 18.2 Å². The van der Waals surface area contributed by atoms with E-state index in [9.17, 15) is 13.2 Å². The van der Waals surface area contributed by atoms with Crippen molar-refractivity contribution < 1.29 is 13.2 Å². The van der Waals surface area contributed by atoms with Gasteiger partial charge in [0.2, 0.25) is 0 Å². The first kappa shape index (κ1) is 18.7. The lowest BCUT2D eigenvalue weighted by molar-refractivity contribution is 0.0792. The molecule has 0 bridgehead atoms. The standard InChI is InChI=1S/C19H21ClN2O3S/c1-13-5-6-15(11-14(13)2)21-26(24,25)16-7-8-18(20)17(12-16)19(23)22-9-3-4-10-22/h5-8,11-12,21H,3-4,9-10H2,1-2H3. The number of likely N-dealkylation sites (tertiary alicyclic amines) is 1. The van der Waals surface area contributed by atoms with E-state index in [0.717, 1.165) is 24.0 Å². The number of anilines is 1. The molecule has 138 valence electrons. The fraction of sp³-hybridized carbons (Fsp3) is 0.316. The molecule has 2 aromatic rings. The molecule has 2 aromatic carbocycles. The maximum Gasteiger partial charge on any atom is 0.261 e. The number of halogens is 1. The number of rotatable bonds is 4. The molecule has 1 fully saturated rings. The maximum atomic E-state index is 12.7. The van der Waals surface area contributed by atoms with Crippen molar-refractivity contribution in [1.29, 1.82) is 0 Å². The van der Waals surface area contributed by atoms with E-state index in [1.54, 1.807) is 17.0 Å². The summed E-state index contributed by atoms with van der Waals surface area (Å²) in [5.74, 6) is -0.226. The van der Waals surface area contributed by atoms with Crippen molar-refractivity contribution in [3.63, 3.8) is 0 Å². The third-order valence-corrected chi connectivity index (χ3v) is 6.34. The Morgan fingerprint density at radius 3 is 2.38 bits per heavy atom. The van der Waals surface area contributed by atoms with Crippen molar-refractivity contribution >= 4 is 33.2 Å². The monoisotopic (exact) mass is 392 g/mol. The molecule has 0 saturated carbocycles. The van der Waals surface area contributed by atoms with E-state index in [1.807, 2.05) is 19.9 Å². The van der Waals surface area contributed by atoms with Gasteiger partial charge in [0.1, 0.15) is 0 Å². The first-order valence-electron chi connectivity index (χ1n) is 8.47. The van der Waals surface area contributed by atoms with Gasteiger partial charge in [-0.15, -0.1) is 0 Å². The van der Waals surface area contributed by atoms with Gasteiger partial charge in [0, 0.05) is 18.8 Å². The Kier molecular flexibility index (Phi) is 5.25. The fourth-order valence-corrected chi connectivity index (χ4v) is 4.22. The van der Waals surface area contributed by atoms with Crippen LogP contribution >= 0.6 is 11.6 Å². The summed E-state index contributed by atoms with van der Waals surface area (Å²) in [6, 6.07) is 9.57. The van der Waals surface area contributed by atoms with E-state index in [4.69, 9.17) is 11.6 Å². The van der Waals surface area contributed by atoms with E-state index in [0.29, 0.717) is 18.8 Å². The second-order valence-corrected chi connectivity index (χ2v) is 8.64. The smallest absolute Gasteiger partial charge is 0.261 e. The molecule has 1 amide bonds. The van der Waals surface area contributed by atoms with Gasteiger partial charge in [-0.05, 0) is 68.1 Å². The average Bonchev–Trinajstić information content (AvgIpc) is 3.12. The maximum absolute atomic E-state index is 12.7. The van der Waals surface area contributed by atoms with E-state index < -0.39 is 10.0 Å². The Morgan fingerprint density at radius 2 is 1.73 bits per heavy atom. The third kappa shape index (κ3) is 3.86. The van der Waals surface area contributed by atoms with E-state index in [-0.39, 0.29) is 21.4 Å². The van der Waals surface area contributed by atoms with Gasteiger partial charge in [-0.1, -0.05) is 17.7 Å². The molecule has 0 radical (unpaired) electrons. The molecule has 0 aliphatic carbocycles. The first-order chi connectivity index (χ1) is 12.3. The summed E-state index contributed by atoms with van der Waals surface area (Å²) in [7, 11) is -3.82. The van der Waals surface area contributed by atoms with Gasteiger partial charge in [-0.2, -0.15) is 0 Å². The highest BCUT2D eigenvalue weighted by Crippen LogP contribution is 2.25. The van der Waals surface area contributed by atoms with Gasteiger partial charge < -0.3 is 4.90 Å². The van der Waals surface area contributed by atoms with Gasteiger partial charge >= 0.3 is 0 Å². The minimum Gasteiger partial charge on any atom is -0.339 e. The van der Waals surface area contributed by atoms with Crippen LogP contribution < -0.4 is 4.72 Å². The number of carbonyl (C=O) groups excluding carboxylic acids is 1. The number of nitrogens with zero attached hydrogens (tertiary/aromatic N) is 1. The largest absolute Gasteiger partial charge is 0.339 e. The number of carbonyl (C=O) groups is 1. The molecule has 1 aliphatic heterocycles. The van der Waals surface area contributed by atoms with Crippen LogP contribution in [0.5, 0.6) is 0 Å². The van der Waals surface area contributed by atoms with Crippen molar-refractivity contribution in [3.05, 3.63) is 58.1 Å². The lowest BCUT2D eigenvalue weighted by atomic mass is 10.1. The van der Waals surface area contributed by atoms with Crippen LogP contribution in [0, 0.1) is 13.8 Å². The van der Waals surface area contributed by atoms with Crippen molar-refractivity contribution in [2.24, 2.45) is 0 Å². The summed E-state index contributed by atoms with van der Waals surface area (Å²) in [5.41, 5.74) is 2.77. The SMILES string of the molecule is Cc1ccc(NS(=O)(=O)c2ccc(Cl)c(C(=O)N3CCCC3)c2)cc1C. The third-order valence-electron chi connectivity index (χ3n) is 4.63. The Balaban J connectivity index is 1.91. The van der Waals surface area contributed by atoms with Crippen LogP contribution in [-0.4, -0.2) is 32.3 Å². The predicted molar refractivity (Wildman–Crippen MR) is 103 cm³/mol. The van der Waals surface area contributed by atoms with Crippen molar-refractivity contribution in [2.45, 2.75) is 31.6 Å². The van der Waals surface area contributed by atoms with Crippen LogP contribution in [0.25, 0.3) is 0 Å². The highest BCUT2D eigenvalue weighted by Gasteiger charge is 2.24. The fourth-order valence-electron chi connectivity index (χ4n) is 2.94. The second-order valence-electron chi connectivity index (χ2n) is 6.55. The molecule has 7 heteroatoms. The molecule has 0 aromatic heterocycles. The minimum atomic E-state index is -3.82. The molecular formula is C19H21ClN2O3S. The molecule has 0 unspecified atom stereocenters. The van der Waals surface area contributed by atoms with Crippen LogP contribution in [0.1, 0.15) is 34.3 Å². The molecule has 0 spiro atoms. The normalized spacial score (nSPS) is 14.5. The Hall–Kier alpha value is -2.05. The number of benzene rings is 2. The molecular weight excluding hydrogens is 372 g/mol. The summed E-state index contributed by atoms with van der Waals surface area (Å²) >= 11 is 6.16. The molecule has 1 heterocycles. The van der Waals surface area contributed by atoms with Crippen LogP contribution in [0.15, 0.2) is 41.3 Å². The molecule has 1 N–H and O–H groups in total. The van der Waals surface area contributed by atoms with E-state index >= 15 is 0 Å². The predicted octanol–water partition coefficient (Wildman–Crippen LogP) is 3.99. The van der Waals surface area contributed by atoms with Crippen molar-refractivity contribution in [1.82, 2.24) is 4.90 Å². The minimum absolute atomic E-state index is 0.0164. The molecule has 3 rings (SSSR count). The number of hydrogen-bond donors (Lipinski definition) is 1. The molecule has 1 aliphatic rings. The number of amides is 1. The summed E-state index contributed by atoms with van der Waals surface area (Å²) in [6.45, 7) is 5.23. The molecule has 0 atom stereocenters. The highest BCUT2D eigenvalue weighted by molar-refractivity contribution is 7.92. The summed E-state index contributed by atoms with van der Waals surface area (Å²) in [6.07, 6.45) is 1.91. The quantitative estimate of drug-likeness (QED) is 0.855. The zero-order chi connectivity index (χ0) is 18.9. The first-order valence-corrected chi connectivity index (χ1v) is 10.3. The zero-order valence-corrected chi connectivity index (χ0v) is 16.3. The summed E-state index contributed by atoms with van der Waals surface area (Å²) in [4.78, 5) is 14.3. The number of aryl methyl sites for hydroxylation is 2. The second kappa shape index (κ2) is 7.29. The Bertz CT molecular complexity index is 951. The Morgan fingerprint density at radius 1 is 1.04 bits per heavy atom. The van der Waals surface area contributed by atoms with Gasteiger partial charge in [0.25, 0.3) is 15.9 Å². The topological polar surface area (TPSA) is 66.5 Å². The summed E-state index contributed by atoms with van der Waals surface area (Å²) in [5, 5.41) is 0.257. The Labute approximate surface area is 159 Å². The molecule has 5 nitrogen and oxygen atoms in total. The molecule has 26 heavy (non-hydrogen) atoms. The summed E-state index contributed by atoms with van der Waals surface area (Å²) < 4.78 is 28.0. The van der Waals surface area contributed by atoms with Crippen LogP contribution in [0.4, 0.5) is 5.69 Å². The van der Waals surface area contributed by atoms with Crippen LogP contribution in [0.3, 0.4) is 0 Å². The van der Waals surface area contributed by atoms with Gasteiger partial charge in [0.15, 0.2) is 0 Å². The van der Waals surface area contributed by atoms with Gasteiger partial charge in [0.05, 0.1) is 15.5 Å². The lowest BCUT2D eigenvalue weighted by Gasteiger charge is -2.17. The average molecular weight is 393 g/mol. The van der Waals surface area contributed by atoms with Crippen LogP contribution in [-0.2, 0) is 10.0 Å².